The summed E-state index contributed by atoms with van der Waals surface area (Å²) in [5.74, 6) is -3.77. The Kier molecular flexibility index (Phi) is 4.50. The lowest BCUT2D eigenvalue weighted by molar-refractivity contribution is -0.163. The van der Waals surface area contributed by atoms with Crippen molar-refractivity contribution in [1.82, 2.24) is 9.55 Å². The number of anilines is 1. The molecule has 0 bridgehead atoms. The lowest BCUT2D eigenvalue weighted by Gasteiger charge is -2.20. The Balaban J connectivity index is 0.00000180. The second-order valence-corrected chi connectivity index (χ2v) is 3.75. The highest BCUT2D eigenvalue weighted by molar-refractivity contribution is 7.59. The summed E-state index contributed by atoms with van der Waals surface area (Å²) < 4.78 is 37.4. The molecule has 3 atom stereocenters. The van der Waals surface area contributed by atoms with Crippen LogP contribution in [-0.4, -0.2) is 40.1 Å². The van der Waals surface area contributed by atoms with Gasteiger partial charge >= 0.3 is 11.6 Å². The van der Waals surface area contributed by atoms with E-state index >= 15 is 0 Å². The van der Waals surface area contributed by atoms with E-state index in [1.54, 1.807) is 0 Å². The third kappa shape index (κ3) is 2.56. The molecule has 1 aromatic heterocycles. The molecule has 1 saturated heterocycles. The quantitative estimate of drug-likeness (QED) is 0.759. The van der Waals surface area contributed by atoms with Crippen molar-refractivity contribution in [3.63, 3.8) is 0 Å². The van der Waals surface area contributed by atoms with E-state index in [1.165, 1.54) is 6.07 Å². The number of ether oxygens (including phenoxy) is 2. The highest BCUT2D eigenvalue weighted by Gasteiger charge is 2.60. The van der Waals surface area contributed by atoms with Gasteiger partial charge in [-0.3, -0.25) is 4.57 Å². The molecule has 2 rings (SSSR count). The number of hydrogen-bond donors (Lipinski definition) is 2. The predicted molar refractivity (Wildman–Crippen MR) is 65.2 cm³/mol. The van der Waals surface area contributed by atoms with E-state index in [0.717, 1.165) is 13.3 Å². The van der Waals surface area contributed by atoms with E-state index in [2.05, 4.69) is 9.72 Å². The lowest BCUT2D eigenvalue weighted by Crippen LogP contribution is -2.41. The summed E-state index contributed by atoms with van der Waals surface area (Å²) in [7, 11) is 1.11. The summed E-state index contributed by atoms with van der Waals surface area (Å²) in [6.07, 6.45) is -4.65. The van der Waals surface area contributed by atoms with Gasteiger partial charge in [0.05, 0.1) is 0 Å². The van der Waals surface area contributed by atoms with Gasteiger partial charge in [0.25, 0.3) is 0 Å². The van der Waals surface area contributed by atoms with Gasteiger partial charge in [-0.15, -0.1) is 0 Å². The van der Waals surface area contributed by atoms with E-state index in [1.807, 2.05) is 0 Å². The first-order valence-corrected chi connectivity index (χ1v) is 4.96. The Hall–Kier alpha value is -1.23. The van der Waals surface area contributed by atoms with Gasteiger partial charge in [0.15, 0.2) is 12.4 Å². The second-order valence-electron chi connectivity index (χ2n) is 3.75. The number of methoxy groups -OCH3 is 1. The molecule has 0 radical (unpaired) electrons. The topological polar surface area (TPSA) is 99.6 Å². The molecule has 0 amide bonds. The fourth-order valence-electron chi connectivity index (χ4n) is 1.66. The molecule has 1 aliphatic rings. The van der Waals surface area contributed by atoms with Crippen LogP contribution in [0.3, 0.4) is 0 Å². The molecular weight excluding hydrogens is 284 g/mol. The number of hydrogen-bond acceptors (Lipinski definition) is 6. The molecule has 1 fully saturated rings. The molecule has 19 heavy (non-hydrogen) atoms. The van der Waals surface area contributed by atoms with Crippen LogP contribution in [0.5, 0.6) is 0 Å². The normalized spacial score (nSPS) is 28.9. The highest BCUT2D eigenvalue weighted by atomic mass is 32.1. The van der Waals surface area contributed by atoms with Crippen molar-refractivity contribution in [3.05, 3.63) is 22.7 Å². The molecule has 7 nitrogen and oxygen atoms in total. The Morgan fingerprint density at radius 2 is 2.26 bits per heavy atom. The summed E-state index contributed by atoms with van der Waals surface area (Å²) in [4.78, 5) is 14.8. The van der Waals surface area contributed by atoms with Gasteiger partial charge in [0.1, 0.15) is 5.82 Å². The van der Waals surface area contributed by atoms with Crippen LogP contribution in [0.2, 0.25) is 0 Å². The third-order valence-corrected chi connectivity index (χ3v) is 2.58. The molecule has 0 aromatic carbocycles. The molecule has 0 aliphatic carbocycles. The van der Waals surface area contributed by atoms with E-state index < -0.39 is 30.2 Å². The largest absolute Gasteiger partial charge is 0.383 e. The third-order valence-electron chi connectivity index (χ3n) is 2.58. The summed E-state index contributed by atoms with van der Waals surface area (Å²) in [5, 5.41) is 9.33. The standard InChI is InChI=1S/C9H11F2N3O4.H2S/c1-17-6-5(15)9(10,11)7(18-6)14-3-2-4(12)13-8(14)16;/h2-3,5-7,15H,1H3,(H2,12,13,16);1H2/t5-,6-,7+;/m0./s1. The molecule has 2 heterocycles. The maximum absolute atomic E-state index is 13.7. The summed E-state index contributed by atoms with van der Waals surface area (Å²) in [6.45, 7) is 0. The highest BCUT2D eigenvalue weighted by Crippen LogP contribution is 2.42. The Morgan fingerprint density at radius 1 is 1.63 bits per heavy atom. The minimum atomic E-state index is -3.68. The van der Waals surface area contributed by atoms with Gasteiger partial charge in [-0.05, 0) is 6.07 Å². The predicted octanol–water partition coefficient (Wildman–Crippen LogP) is -0.564. The summed E-state index contributed by atoms with van der Waals surface area (Å²) >= 11 is 0. The average molecular weight is 297 g/mol. The van der Waals surface area contributed by atoms with Crippen molar-refractivity contribution in [3.8, 4) is 0 Å². The number of nitrogens with two attached hydrogens (primary N) is 1. The van der Waals surface area contributed by atoms with Crippen molar-refractivity contribution in [2.75, 3.05) is 12.8 Å². The number of nitrogen functional groups attached to an aromatic ring is 1. The van der Waals surface area contributed by atoms with Gasteiger partial charge in [-0.1, -0.05) is 0 Å². The van der Waals surface area contributed by atoms with Gasteiger partial charge in [0.2, 0.25) is 6.23 Å². The zero-order valence-corrected chi connectivity index (χ0v) is 10.8. The molecule has 1 aromatic rings. The monoisotopic (exact) mass is 297 g/mol. The molecule has 3 N–H and O–H groups in total. The van der Waals surface area contributed by atoms with Gasteiger partial charge in [-0.2, -0.15) is 27.3 Å². The fourth-order valence-corrected chi connectivity index (χ4v) is 1.66. The molecular formula is C9H13F2N3O4S. The molecule has 0 unspecified atom stereocenters. The van der Waals surface area contributed by atoms with Crippen LogP contribution in [0.15, 0.2) is 17.1 Å². The Bertz CT molecular complexity index is 512. The van der Waals surface area contributed by atoms with Crippen LogP contribution >= 0.6 is 13.5 Å². The van der Waals surface area contributed by atoms with Crippen LogP contribution in [0.1, 0.15) is 6.23 Å². The van der Waals surface area contributed by atoms with Crippen molar-refractivity contribution in [1.29, 1.82) is 0 Å². The number of aromatic nitrogens is 2. The van der Waals surface area contributed by atoms with E-state index in [-0.39, 0.29) is 19.3 Å². The van der Waals surface area contributed by atoms with Crippen molar-refractivity contribution < 1.29 is 23.4 Å². The molecule has 0 saturated carbocycles. The number of alkyl halides is 2. The zero-order chi connectivity index (χ0) is 13.5. The maximum Gasteiger partial charge on any atom is 0.351 e. The SMILES string of the molecule is CO[C@H]1O[C@@H](n2ccc(N)nc2=O)C(F)(F)[C@H]1O.S. The number of aliphatic hydroxyl groups is 1. The van der Waals surface area contributed by atoms with Crippen molar-refractivity contribution in [2.24, 2.45) is 0 Å². The Morgan fingerprint density at radius 3 is 2.74 bits per heavy atom. The number of nitrogens with zero attached hydrogens (tertiary/aromatic N) is 2. The molecule has 1 aliphatic heterocycles. The van der Waals surface area contributed by atoms with Gasteiger partial charge in [0, 0.05) is 13.3 Å². The number of aliphatic hydroxyl groups excluding tert-OH is 1. The van der Waals surface area contributed by atoms with Crippen LogP contribution in [0, 0.1) is 0 Å². The Labute approximate surface area is 113 Å². The first-order chi connectivity index (χ1) is 8.37. The van der Waals surface area contributed by atoms with Gasteiger partial charge < -0.3 is 20.3 Å². The minimum absolute atomic E-state index is 0. The first kappa shape index (κ1) is 15.8. The van der Waals surface area contributed by atoms with Crippen LogP contribution in [0.4, 0.5) is 14.6 Å². The second kappa shape index (κ2) is 5.41. The molecule has 10 heteroatoms. The van der Waals surface area contributed by atoms with E-state index in [0.29, 0.717) is 4.57 Å². The fraction of sp³-hybridized carbons (Fsp3) is 0.556. The maximum atomic E-state index is 13.7. The molecule has 0 spiro atoms. The number of halogens is 2. The van der Waals surface area contributed by atoms with Crippen molar-refractivity contribution >= 4 is 19.3 Å². The summed E-state index contributed by atoms with van der Waals surface area (Å²) in [6, 6.07) is 1.17. The van der Waals surface area contributed by atoms with E-state index in [4.69, 9.17) is 10.5 Å². The van der Waals surface area contributed by atoms with Crippen LogP contribution < -0.4 is 11.4 Å². The minimum Gasteiger partial charge on any atom is -0.383 e. The first-order valence-electron chi connectivity index (χ1n) is 4.96. The van der Waals surface area contributed by atoms with Crippen molar-refractivity contribution in [2.45, 2.75) is 24.5 Å². The lowest BCUT2D eigenvalue weighted by atomic mass is 10.2. The summed E-state index contributed by atoms with van der Waals surface area (Å²) in [5.41, 5.74) is 4.25. The van der Waals surface area contributed by atoms with E-state index in [9.17, 15) is 18.7 Å². The smallest absolute Gasteiger partial charge is 0.351 e. The van der Waals surface area contributed by atoms with Gasteiger partial charge in [-0.25, -0.2) is 4.79 Å². The molecule has 108 valence electrons. The number of rotatable bonds is 2. The van der Waals surface area contributed by atoms with Crippen LogP contribution in [0.25, 0.3) is 0 Å². The zero-order valence-electron chi connectivity index (χ0n) is 9.79. The van der Waals surface area contributed by atoms with Crippen LogP contribution in [-0.2, 0) is 9.47 Å². The average Bonchev–Trinajstić information content (AvgIpc) is 2.52.